The van der Waals surface area contributed by atoms with Crippen LogP contribution < -0.4 is 5.32 Å². The summed E-state index contributed by atoms with van der Waals surface area (Å²) < 4.78 is 12.4. The molecule has 1 aromatic heterocycles. The van der Waals surface area contributed by atoms with E-state index in [1.54, 1.807) is 7.05 Å². The molecule has 0 spiro atoms. The zero-order valence-corrected chi connectivity index (χ0v) is 8.10. The molecule has 4 nitrogen and oxygen atoms in total. The van der Waals surface area contributed by atoms with Gasteiger partial charge in [-0.2, -0.15) is 0 Å². The topological polar surface area (TPSA) is 50.2 Å². The van der Waals surface area contributed by atoms with Crippen LogP contribution in [0.2, 0.25) is 0 Å². The maximum Gasteiger partial charge on any atom is 0.228 e. The predicted octanol–water partition coefficient (Wildman–Crippen LogP) is 1.38. The number of thioether (sulfide) groups is 1. The molecule has 0 aliphatic carbocycles. The lowest BCUT2D eigenvalue weighted by Crippen LogP contribution is -2.09. The summed E-state index contributed by atoms with van der Waals surface area (Å²) in [7, 11) is 1.66. The Morgan fingerprint density at radius 1 is 1.54 bits per heavy atom. The highest BCUT2D eigenvalue weighted by Crippen LogP contribution is 2.03. The zero-order chi connectivity index (χ0) is 9.68. The highest BCUT2D eigenvalue weighted by atomic mass is 32.2. The van der Waals surface area contributed by atoms with E-state index in [1.165, 1.54) is 11.8 Å². The average Bonchev–Trinajstić information content (AvgIpc) is 2.17. The lowest BCUT2D eigenvalue weighted by atomic mass is 10.6. The van der Waals surface area contributed by atoms with Crippen molar-refractivity contribution in [1.29, 1.82) is 0 Å². The minimum atomic E-state index is -0.454. The Bertz CT molecular complexity index is 298. The van der Waals surface area contributed by atoms with Gasteiger partial charge in [0.1, 0.15) is 0 Å². The first-order valence-electron chi connectivity index (χ1n) is 3.51. The predicted molar refractivity (Wildman–Crippen MR) is 52.5 cm³/mol. The number of anilines is 1. The lowest BCUT2D eigenvalue weighted by Gasteiger charge is -2.03. The van der Waals surface area contributed by atoms with Crippen molar-refractivity contribution in [3.05, 3.63) is 18.2 Å². The second-order valence-corrected chi connectivity index (χ2v) is 2.88. The Labute approximate surface area is 79.7 Å². The van der Waals surface area contributed by atoms with Gasteiger partial charge < -0.3 is 5.32 Å². The van der Waals surface area contributed by atoms with Crippen LogP contribution in [-0.4, -0.2) is 28.4 Å². The fourth-order valence-electron chi connectivity index (χ4n) is 0.671. The van der Waals surface area contributed by atoms with Crippen LogP contribution in [-0.2, 0) is 0 Å². The fourth-order valence-corrected chi connectivity index (χ4v) is 1.05. The van der Waals surface area contributed by atoms with E-state index in [0.717, 1.165) is 12.4 Å². The van der Waals surface area contributed by atoms with E-state index in [9.17, 15) is 4.39 Å². The maximum atomic E-state index is 12.4. The van der Waals surface area contributed by atoms with Gasteiger partial charge in [-0.3, -0.25) is 4.99 Å². The molecule has 13 heavy (non-hydrogen) atoms. The number of aromatic nitrogens is 2. The van der Waals surface area contributed by atoms with Crippen LogP contribution in [0.3, 0.4) is 0 Å². The molecule has 1 heterocycles. The van der Waals surface area contributed by atoms with E-state index in [1.807, 2.05) is 6.26 Å². The fraction of sp³-hybridized carbons (Fsp3) is 0.286. The quantitative estimate of drug-likeness (QED) is 0.549. The average molecular weight is 200 g/mol. The van der Waals surface area contributed by atoms with Crippen molar-refractivity contribution < 1.29 is 4.39 Å². The molecule has 0 saturated heterocycles. The first-order valence-corrected chi connectivity index (χ1v) is 4.74. The Balaban J connectivity index is 2.69. The van der Waals surface area contributed by atoms with E-state index < -0.39 is 5.82 Å². The number of rotatable bonds is 1. The van der Waals surface area contributed by atoms with Gasteiger partial charge in [0.05, 0.1) is 12.4 Å². The van der Waals surface area contributed by atoms with Crippen molar-refractivity contribution in [2.45, 2.75) is 0 Å². The Morgan fingerprint density at radius 3 is 2.62 bits per heavy atom. The molecule has 0 radical (unpaired) electrons. The Hall–Kier alpha value is -1.17. The highest BCUT2D eigenvalue weighted by Gasteiger charge is 1.99. The van der Waals surface area contributed by atoms with Crippen molar-refractivity contribution in [3.8, 4) is 0 Å². The summed E-state index contributed by atoms with van der Waals surface area (Å²) >= 11 is 1.43. The molecular weight excluding hydrogens is 191 g/mol. The molecule has 0 aliphatic rings. The highest BCUT2D eigenvalue weighted by molar-refractivity contribution is 8.13. The molecule has 70 valence electrons. The van der Waals surface area contributed by atoms with Crippen LogP contribution in [0, 0.1) is 5.82 Å². The van der Waals surface area contributed by atoms with Crippen molar-refractivity contribution in [1.82, 2.24) is 9.97 Å². The molecule has 1 aromatic rings. The molecule has 0 bridgehead atoms. The molecule has 1 N–H and O–H groups in total. The monoisotopic (exact) mass is 200 g/mol. The number of amidine groups is 1. The number of aliphatic imine (C=N–C) groups is 1. The Morgan fingerprint density at radius 2 is 2.15 bits per heavy atom. The van der Waals surface area contributed by atoms with Gasteiger partial charge in [-0.1, -0.05) is 11.8 Å². The van der Waals surface area contributed by atoms with E-state index in [2.05, 4.69) is 20.3 Å². The van der Waals surface area contributed by atoms with E-state index in [0.29, 0.717) is 11.1 Å². The normalized spacial score (nSPS) is 11.5. The van der Waals surface area contributed by atoms with Gasteiger partial charge in [0.2, 0.25) is 5.95 Å². The SMILES string of the molecule is CN=C(Nc1ncc(F)cn1)SC. The molecule has 6 heteroatoms. The molecular formula is C7H9FN4S. The van der Waals surface area contributed by atoms with Gasteiger partial charge in [0.25, 0.3) is 0 Å². The summed E-state index contributed by atoms with van der Waals surface area (Å²) in [5, 5.41) is 3.52. The third kappa shape index (κ3) is 2.98. The molecule has 0 amide bonds. The zero-order valence-electron chi connectivity index (χ0n) is 7.28. The minimum absolute atomic E-state index is 0.344. The van der Waals surface area contributed by atoms with Gasteiger partial charge >= 0.3 is 0 Å². The van der Waals surface area contributed by atoms with Crippen LogP contribution in [0.5, 0.6) is 0 Å². The number of halogens is 1. The lowest BCUT2D eigenvalue weighted by molar-refractivity contribution is 0.614. The third-order valence-corrected chi connectivity index (χ3v) is 1.91. The summed E-state index contributed by atoms with van der Waals surface area (Å²) in [5.41, 5.74) is 0. The molecule has 0 atom stereocenters. The smallest absolute Gasteiger partial charge is 0.228 e. The van der Waals surface area contributed by atoms with Gasteiger partial charge in [-0.15, -0.1) is 0 Å². The summed E-state index contributed by atoms with van der Waals surface area (Å²) in [6.07, 6.45) is 4.07. The van der Waals surface area contributed by atoms with Gasteiger partial charge in [-0.05, 0) is 6.26 Å². The van der Waals surface area contributed by atoms with Crippen molar-refractivity contribution in [2.75, 3.05) is 18.6 Å². The molecule has 1 rings (SSSR count). The third-order valence-electron chi connectivity index (χ3n) is 1.24. The minimum Gasteiger partial charge on any atom is -0.304 e. The van der Waals surface area contributed by atoms with Crippen LogP contribution in [0.15, 0.2) is 17.4 Å². The maximum absolute atomic E-state index is 12.4. The number of nitrogens with zero attached hydrogens (tertiary/aromatic N) is 3. The van der Waals surface area contributed by atoms with E-state index >= 15 is 0 Å². The second-order valence-electron chi connectivity index (χ2n) is 2.08. The largest absolute Gasteiger partial charge is 0.304 e. The molecule has 0 fully saturated rings. The van der Waals surface area contributed by atoms with Crippen LogP contribution in [0.25, 0.3) is 0 Å². The summed E-state index contributed by atoms with van der Waals surface area (Å²) in [6, 6.07) is 0. The standard InChI is InChI=1S/C7H9FN4S/c1-9-7(13-2)12-6-10-3-5(8)4-11-6/h3-4H,1-2H3,(H,9,10,11,12). The number of hydrogen-bond donors (Lipinski definition) is 1. The molecule has 0 unspecified atom stereocenters. The van der Waals surface area contributed by atoms with Crippen molar-refractivity contribution in [2.24, 2.45) is 4.99 Å². The number of nitrogens with one attached hydrogen (secondary N) is 1. The number of hydrogen-bond acceptors (Lipinski definition) is 4. The van der Waals surface area contributed by atoms with Gasteiger partial charge in [0, 0.05) is 7.05 Å². The van der Waals surface area contributed by atoms with Crippen LogP contribution in [0.1, 0.15) is 0 Å². The van der Waals surface area contributed by atoms with Crippen LogP contribution >= 0.6 is 11.8 Å². The summed E-state index contributed by atoms with van der Waals surface area (Å²) in [5.74, 6) is -0.110. The first kappa shape index (κ1) is 9.91. The second kappa shape index (κ2) is 4.76. The first-order chi connectivity index (χ1) is 6.26. The summed E-state index contributed by atoms with van der Waals surface area (Å²) in [4.78, 5) is 11.4. The van der Waals surface area contributed by atoms with Crippen molar-refractivity contribution in [3.63, 3.8) is 0 Å². The van der Waals surface area contributed by atoms with Gasteiger partial charge in [0.15, 0.2) is 11.0 Å². The van der Waals surface area contributed by atoms with E-state index in [4.69, 9.17) is 0 Å². The van der Waals surface area contributed by atoms with E-state index in [-0.39, 0.29) is 0 Å². The molecule has 0 aromatic carbocycles. The van der Waals surface area contributed by atoms with Crippen LogP contribution in [0.4, 0.5) is 10.3 Å². The molecule has 0 aliphatic heterocycles. The van der Waals surface area contributed by atoms with Crippen molar-refractivity contribution >= 4 is 22.9 Å². The molecule has 0 saturated carbocycles. The van der Waals surface area contributed by atoms with Gasteiger partial charge in [-0.25, -0.2) is 14.4 Å². The summed E-state index contributed by atoms with van der Waals surface area (Å²) in [6.45, 7) is 0. The Kier molecular flexibility index (Phi) is 3.63.